The van der Waals surface area contributed by atoms with Crippen molar-refractivity contribution in [1.82, 2.24) is 5.32 Å². The van der Waals surface area contributed by atoms with E-state index in [4.69, 9.17) is 14.2 Å². The molecule has 0 saturated carbocycles. The average Bonchev–Trinajstić information content (AvgIpc) is 2.76. The number of hydrogen-bond acceptors (Lipinski definition) is 5. The fraction of sp³-hybridized carbons (Fsp3) is 0.500. The summed E-state index contributed by atoms with van der Waals surface area (Å²) >= 11 is 0. The Hall–Kier alpha value is -2.24. The van der Waals surface area contributed by atoms with Crippen LogP contribution in [0.2, 0.25) is 0 Å². The maximum absolute atomic E-state index is 10.1. The number of unbranched alkanes of at least 4 members (excludes halogenated alkanes) is 3. The van der Waals surface area contributed by atoms with Gasteiger partial charge in [0.05, 0.1) is 13.7 Å². The highest BCUT2D eigenvalue weighted by Gasteiger charge is 2.05. The first-order valence-corrected chi connectivity index (χ1v) is 10.6. The van der Waals surface area contributed by atoms with Crippen molar-refractivity contribution in [3.63, 3.8) is 0 Å². The standard InChI is InChI=1S/C24H35NO4/c1-3-4-5-6-17-28-23-11-13-24(14-12-23)29-19-21(26)18-25-16-15-20-7-9-22(27-2)10-8-20/h7-14,21,25-26H,3-6,15-19H2,1-2H3. The molecule has 0 aliphatic carbocycles. The molecule has 1 atom stereocenters. The highest BCUT2D eigenvalue weighted by atomic mass is 16.5. The molecule has 0 spiro atoms. The molecule has 2 aromatic carbocycles. The minimum Gasteiger partial charge on any atom is -0.497 e. The predicted octanol–water partition coefficient (Wildman–Crippen LogP) is 4.23. The molecule has 1 unspecified atom stereocenters. The lowest BCUT2D eigenvalue weighted by molar-refractivity contribution is 0.106. The van der Waals surface area contributed by atoms with E-state index in [1.165, 1.54) is 24.8 Å². The molecule has 0 radical (unpaired) electrons. The Morgan fingerprint density at radius 1 is 0.862 bits per heavy atom. The number of aliphatic hydroxyl groups is 1. The third-order valence-electron chi connectivity index (χ3n) is 4.66. The van der Waals surface area contributed by atoms with Gasteiger partial charge in [-0.1, -0.05) is 38.3 Å². The maximum atomic E-state index is 10.1. The predicted molar refractivity (Wildman–Crippen MR) is 117 cm³/mol. The molecule has 0 aromatic heterocycles. The topological polar surface area (TPSA) is 60.0 Å². The second-order valence-corrected chi connectivity index (χ2v) is 7.15. The second kappa shape index (κ2) is 13.9. The molecule has 0 aliphatic rings. The van der Waals surface area contributed by atoms with Gasteiger partial charge in [-0.3, -0.25) is 0 Å². The number of rotatable bonds is 15. The molecule has 2 aromatic rings. The van der Waals surface area contributed by atoms with Crippen LogP contribution in [0.5, 0.6) is 17.2 Å². The van der Waals surface area contributed by atoms with Crippen LogP contribution >= 0.6 is 0 Å². The van der Waals surface area contributed by atoms with E-state index in [1.807, 2.05) is 36.4 Å². The highest BCUT2D eigenvalue weighted by molar-refractivity contribution is 5.31. The van der Waals surface area contributed by atoms with Crippen molar-refractivity contribution in [2.45, 2.75) is 45.1 Å². The molecule has 0 aliphatic heterocycles. The third kappa shape index (κ3) is 9.68. The summed E-state index contributed by atoms with van der Waals surface area (Å²) in [7, 11) is 1.66. The van der Waals surface area contributed by atoms with Gasteiger partial charge >= 0.3 is 0 Å². The first kappa shape index (κ1) is 23.0. The van der Waals surface area contributed by atoms with Crippen molar-refractivity contribution < 1.29 is 19.3 Å². The molecule has 5 nitrogen and oxygen atoms in total. The second-order valence-electron chi connectivity index (χ2n) is 7.15. The van der Waals surface area contributed by atoms with Gasteiger partial charge < -0.3 is 24.6 Å². The van der Waals surface area contributed by atoms with E-state index in [0.29, 0.717) is 6.54 Å². The molecule has 0 heterocycles. The van der Waals surface area contributed by atoms with Crippen LogP contribution in [0.15, 0.2) is 48.5 Å². The molecule has 0 bridgehead atoms. The van der Waals surface area contributed by atoms with Crippen molar-refractivity contribution in [3.05, 3.63) is 54.1 Å². The molecular weight excluding hydrogens is 366 g/mol. The fourth-order valence-corrected chi connectivity index (χ4v) is 2.90. The smallest absolute Gasteiger partial charge is 0.119 e. The van der Waals surface area contributed by atoms with E-state index in [1.54, 1.807) is 7.11 Å². The van der Waals surface area contributed by atoms with Crippen LogP contribution in [0.1, 0.15) is 38.2 Å². The summed E-state index contributed by atoms with van der Waals surface area (Å²) in [4.78, 5) is 0. The molecule has 160 valence electrons. The molecule has 2 N–H and O–H groups in total. The molecule has 0 saturated heterocycles. The summed E-state index contributed by atoms with van der Waals surface area (Å²) in [6.07, 6.45) is 5.14. The van der Waals surface area contributed by atoms with Crippen molar-refractivity contribution in [2.24, 2.45) is 0 Å². The van der Waals surface area contributed by atoms with Crippen LogP contribution in [0.25, 0.3) is 0 Å². The zero-order chi connectivity index (χ0) is 20.7. The fourth-order valence-electron chi connectivity index (χ4n) is 2.90. The van der Waals surface area contributed by atoms with Gasteiger partial charge in [-0.05, 0) is 61.3 Å². The minimum atomic E-state index is -0.555. The summed E-state index contributed by atoms with van der Waals surface area (Å²) in [5.41, 5.74) is 1.23. The number of ether oxygens (including phenoxy) is 3. The maximum Gasteiger partial charge on any atom is 0.119 e. The third-order valence-corrected chi connectivity index (χ3v) is 4.66. The molecule has 5 heteroatoms. The molecule has 29 heavy (non-hydrogen) atoms. The SMILES string of the molecule is CCCCCCOc1ccc(OCC(O)CNCCc2ccc(OC)cc2)cc1. The summed E-state index contributed by atoms with van der Waals surface area (Å²) in [5.74, 6) is 2.45. The van der Waals surface area contributed by atoms with Gasteiger partial charge in [-0.15, -0.1) is 0 Å². The summed E-state index contributed by atoms with van der Waals surface area (Å²) in [6.45, 7) is 4.51. The van der Waals surface area contributed by atoms with Crippen LogP contribution < -0.4 is 19.5 Å². The van der Waals surface area contributed by atoms with Gasteiger partial charge in [0.2, 0.25) is 0 Å². The van der Waals surface area contributed by atoms with Crippen molar-refractivity contribution in [2.75, 3.05) is 33.4 Å². The minimum absolute atomic E-state index is 0.257. The molecule has 0 fully saturated rings. The van der Waals surface area contributed by atoms with Crippen molar-refractivity contribution in [3.8, 4) is 17.2 Å². The Kier molecular flexibility index (Phi) is 11.0. The number of benzene rings is 2. The van der Waals surface area contributed by atoms with E-state index in [0.717, 1.165) is 43.2 Å². The van der Waals surface area contributed by atoms with Gasteiger partial charge in [0, 0.05) is 6.54 Å². The zero-order valence-electron chi connectivity index (χ0n) is 17.7. The van der Waals surface area contributed by atoms with Gasteiger partial charge in [0.15, 0.2) is 0 Å². The monoisotopic (exact) mass is 401 g/mol. The van der Waals surface area contributed by atoms with Crippen LogP contribution in [0, 0.1) is 0 Å². The highest BCUT2D eigenvalue weighted by Crippen LogP contribution is 2.18. The molecule has 2 rings (SSSR count). The lowest BCUT2D eigenvalue weighted by Crippen LogP contribution is -2.32. The van der Waals surface area contributed by atoms with Crippen LogP contribution in [-0.2, 0) is 6.42 Å². The van der Waals surface area contributed by atoms with Gasteiger partial charge in [-0.2, -0.15) is 0 Å². The van der Waals surface area contributed by atoms with E-state index in [2.05, 4.69) is 24.4 Å². The number of methoxy groups -OCH3 is 1. The van der Waals surface area contributed by atoms with Gasteiger partial charge in [0.25, 0.3) is 0 Å². The van der Waals surface area contributed by atoms with E-state index >= 15 is 0 Å². The Morgan fingerprint density at radius 3 is 2.17 bits per heavy atom. The van der Waals surface area contributed by atoms with Crippen LogP contribution in [0.3, 0.4) is 0 Å². The average molecular weight is 402 g/mol. The number of hydrogen-bond donors (Lipinski definition) is 2. The first-order chi connectivity index (χ1) is 14.2. The van der Waals surface area contributed by atoms with Crippen LogP contribution in [0.4, 0.5) is 0 Å². The Morgan fingerprint density at radius 2 is 1.52 bits per heavy atom. The lowest BCUT2D eigenvalue weighted by Gasteiger charge is -2.14. The number of aliphatic hydroxyl groups excluding tert-OH is 1. The van der Waals surface area contributed by atoms with E-state index in [9.17, 15) is 5.11 Å². The summed E-state index contributed by atoms with van der Waals surface area (Å²) in [5, 5.41) is 13.4. The van der Waals surface area contributed by atoms with Gasteiger partial charge in [-0.25, -0.2) is 0 Å². The number of nitrogens with one attached hydrogen (secondary N) is 1. The lowest BCUT2D eigenvalue weighted by atomic mass is 10.1. The Bertz CT molecular complexity index is 658. The van der Waals surface area contributed by atoms with Gasteiger partial charge in [0.1, 0.15) is 30.0 Å². The zero-order valence-corrected chi connectivity index (χ0v) is 17.7. The largest absolute Gasteiger partial charge is 0.497 e. The normalized spacial score (nSPS) is 11.8. The van der Waals surface area contributed by atoms with Crippen LogP contribution in [-0.4, -0.2) is 44.6 Å². The Labute approximate surface area is 175 Å². The molecule has 0 amide bonds. The quantitative estimate of drug-likeness (QED) is 0.438. The summed E-state index contributed by atoms with van der Waals surface area (Å²) in [6, 6.07) is 15.6. The summed E-state index contributed by atoms with van der Waals surface area (Å²) < 4.78 is 16.5. The van der Waals surface area contributed by atoms with E-state index < -0.39 is 6.10 Å². The van der Waals surface area contributed by atoms with Crippen molar-refractivity contribution in [1.29, 1.82) is 0 Å². The van der Waals surface area contributed by atoms with E-state index in [-0.39, 0.29) is 6.61 Å². The first-order valence-electron chi connectivity index (χ1n) is 10.6. The Balaban J connectivity index is 1.56. The van der Waals surface area contributed by atoms with Crippen molar-refractivity contribution >= 4 is 0 Å². The molecular formula is C24H35NO4.